The van der Waals surface area contributed by atoms with Gasteiger partial charge >= 0.3 is 17.9 Å². The zero-order valence-electron chi connectivity index (χ0n) is 11.7. The zero-order valence-corrected chi connectivity index (χ0v) is 11.7. The van der Waals surface area contributed by atoms with Crippen LogP contribution in [0, 0.1) is 0 Å². The second-order valence-corrected chi connectivity index (χ2v) is 4.91. The second-order valence-electron chi connectivity index (χ2n) is 4.91. The lowest BCUT2D eigenvalue weighted by Crippen LogP contribution is -2.47. The second kappa shape index (κ2) is 8.55. The van der Waals surface area contributed by atoms with Crippen molar-refractivity contribution >= 4 is 17.9 Å². The summed E-state index contributed by atoms with van der Waals surface area (Å²) in [6.07, 6.45) is -0.478. The van der Waals surface area contributed by atoms with Crippen molar-refractivity contribution in [2.45, 2.75) is 12.5 Å². The molecule has 21 heavy (non-hydrogen) atoms. The van der Waals surface area contributed by atoms with Gasteiger partial charge in [-0.15, -0.1) is 0 Å². The lowest BCUT2D eigenvalue weighted by molar-refractivity contribution is -0.150. The summed E-state index contributed by atoms with van der Waals surface area (Å²) in [5, 5.41) is 29.9. The van der Waals surface area contributed by atoms with Crippen LogP contribution in [0.3, 0.4) is 0 Å². The van der Waals surface area contributed by atoms with Gasteiger partial charge in [0.15, 0.2) is 0 Å². The molecule has 4 N–H and O–H groups in total. The fraction of sp³-hybridized carbons (Fsp3) is 0.750. The molecule has 1 aliphatic heterocycles. The zero-order chi connectivity index (χ0) is 15.8. The van der Waals surface area contributed by atoms with Crippen molar-refractivity contribution in [1.82, 2.24) is 15.1 Å². The first-order chi connectivity index (χ1) is 9.90. The van der Waals surface area contributed by atoms with Gasteiger partial charge in [0, 0.05) is 39.3 Å². The maximum Gasteiger partial charge on any atom is 0.321 e. The lowest BCUT2D eigenvalue weighted by atomic mass is 10.1. The summed E-state index contributed by atoms with van der Waals surface area (Å²) in [5.74, 6) is -3.29. The molecular weight excluding hydrogens is 282 g/mol. The van der Waals surface area contributed by atoms with Gasteiger partial charge in [0.05, 0.1) is 13.0 Å². The van der Waals surface area contributed by atoms with Crippen LogP contribution in [0.5, 0.6) is 0 Å². The topological polar surface area (TPSA) is 130 Å². The Morgan fingerprint density at radius 3 is 2.19 bits per heavy atom. The third-order valence-electron chi connectivity index (χ3n) is 3.34. The molecule has 0 aromatic rings. The minimum atomic E-state index is -1.18. The monoisotopic (exact) mass is 303 g/mol. The first kappa shape index (κ1) is 17.3. The summed E-state index contributed by atoms with van der Waals surface area (Å²) in [6, 6.07) is -1.10. The van der Waals surface area contributed by atoms with E-state index in [4.69, 9.17) is 10.2 Å². The van der Waals surface area contributed by atoms with Crippen molar-refractivity contribution in [3.05, 3.63) is 0 Å². The van der Waals surface area contributed by atoms with Crippen molar-refractivity contribution in [2.75, 3.05) is 45.8 Å². The van der Waals surface area contributed by atoms with Gasteiger partial charge in [-0.1, -0.05) is 0 Å². The van der Waals surface area contributed by atoms with Crippen LogP contribution in [0.4, 0.5) is 0 Å². The quantitative estimate of drug-likeness (QED) is 0.449. The van der Waals surface area contributed by atoms with Gasteiger partial charge in [-0.3, -0.25) is 24.2 Å². The van der Waals surface area contributed by atoms with Gasteiger partial charge in [-0.25, -0.2) is 0 Å². The van der Waals surface area contributed by atoms with Crippen LogP contribution in [0.25, 0.3) is 0 Å². The van der Waals surface area contributed by atoms with E-state index in [1.165, 1.54) is 0 Å². The van der Waals surface area contributed by atoms with E-state index in [0.717, 1.165) is 0 Å². The average molecular weight is 303 g/mol. The Morgan fingerprint density at radius 2 is 1.62 bits per heavy atom. The van der Waals surface area contributed by atoms with E-state index in [2.05, 4.69) is 5.32 Å². The molecule has 0 spiro atoms. The standard InChI is InChI=1S/C12H21N3O6/c16-10(17)7-9(12(20)21)15-4-2-13-1-3-14(5-6-15)8-11(18)19/h9,13H,1-8H2,(H,16,17)(H,18,19)(H,20,21). The highest BCUT2D eigenvalue weighted by molar-refractivity contribution is 5.80. The lowest BCUT2D eigenvalue weighted by Gasteiger charge is -2.29. The largest absolute Gasteiger partial charge is 0.481 e. The predicted molar refractivity (Wildman–Crippen MR) is 72.2 cm³/mol. The molecule has 0 bridgehead atoms. The van der Waals surface area contributed by atoms with Crippen molar-refractivity contribution in [3.63, 3.8) is 0 Å². The van der Waals surface area contributed by atoms with Crippen LogP contribution in [0.2, 0.25) is 0 Å². The molecule has 1 fully saturated rings. The molecule has 1 heterocycles. The van der Waals surface area contributed by atoms with Crippen molar-refractivity contribution in [1.29, 1.82) is 0 Å². The van der Waals surface area contributed by atoms with Gasteiger partial charge in [0.25, 0.3) is 0 Å². The Balaban J connectivity index is 2.71. The normalized spacial score (nSPS) is 20.0. The number of nitrogens with zero attached hydrogens (tertiary/aromatic N) is 2. The molecule has 1 rings (SSSR count). The Hall–Kier alpha value is -1.71. The number of carbonyl (C=O) groups is 3. The Morgan fingerprint density at radius 1 is 0.952 bits per heavy atom. The van der Waals surface area contributed by atoms with Crippen molar-refractivity contribution < 1.29 is 29.7 Å². The summed E-state index contributed by atoms with van der Waals surface area (Å²) in [7, 11) is 0. The van der Waals surface area contributed by atoms with E-state index < -0.39 is 30.4 Å². The van der Waals surface area contributed by atoms with Crippen LogP contribution in [-0.4, -0.2) is 94.9 Å². The molecular formula is C12H21N3O6. The van der Waals surface area contributed by atoms with Crippen LogP contribution >= 0.6 is 0 Å². The molecule has 0 radical (unpaired) electrons. The van der Waals surface area contributed by atoms with Crippen LogP contribution < -0.4 is 5.32 Å². The fourth-order valence-electron chi connectivity index (χ4n) is 2.28. The number of carboxylic acid groups (broad SMARTS) is 3. The van der Waals surface area contributed by atoms with E-state index in [1.807, 2.05) is 0 Å². The predicted octanol–water partition coefficient (Wildman–Crippen LogP) is -1.79. The molecule has 9 heteroatoms. The molecule has 9 nitrogen and oxygen atoms in total. The van der Waals surface area contributed by atoms with E-state index in [9.17, 15) is 19.5 Å². The van der Waals surface area contributed by atoms with Gasteiger partial charge in [0.1, 0.15) is 6.04 Å². The summed E-state index contributed by atoms with van der Waals surface area (Å²) in [5.41, 5.74) is 0. The fourth-order valence-corrected chi connectivity index (χ4v) is 2.28. The summed E-state index contributed by atoms with van der Waals surface area (Å²) in [6.45, 7) is 2.69. The number of aliphatic carboxylic acids is 3. The van der Waals surface area contributed by atoms with Crippen LogP contribution in [0.1, 0.15) is 6.42 Å². The Kier molecular flexibility index (Phi) is 7.06. The van der Waals surface area contributed by atoms with Crippen LogP contribution in [-0.2, 0) is 14.4 Å². The summed E-state index contributed by atoms with van der Waals surface area (Å²) < 4.78 is 0. The summed E-state index contributed by atoms with van der Waals surface area (Å²) >= 11 is 0. The number of nitrogens with one attached hydrogen (secondary N) is 1. The molecule has 0 amide bonds. The molecule has 0 aliphatic carbocycles. The van der Waals surface area contributed by atoms with Gasteiger partial charge < -0.3 is 20.6 Å². The maximum atomic E-state index is 11.2. The third-order valence-corrected chi connectivity index (χ3v) is 3.34. The first-order valence-corrected chi connectivity index (χ1v) is 6.73. The molecule has 0 aromatic carbocycles. The molecule has 1 aliphatic rings. The van der Waals surface area contributed by atoms with Crippen molar-refractivity contribution in [2.24, 2.45) is 0 Å². The maximum absolute atomic E-state index is 11.2. The molecule has 1 atom stereocenters. The highest BCUT2D eigenvalue weighted by Crippen LogP contribution is 2.06. The molecule has 1 saturated heterocycles. The number of hydrogen-bond donors (Lipinski definition) is 4. The third kappa shape index (κ3) is 6.52. The van der Waals surface area contributed by atoms with Crippen LogP contribution in [0.15, 0.2) is 0 Å². The van der Waals surface area contributed by atoms with E-state index in [1.54, 1.807) is 9.80 Å². The van der Waals surface area contributed by atoms with Gasteiger partial charge in [-0.05, 0) is 0 Å². The molecule has 0 saturated carbocycles. The Bertz CT molecular complexity index is 389. The number of hydrogen-bond acceptors (Lipinski definition) is 6. The number of rotatable bonds is 6. The van der Waals surface area contributed by atoms with Crippen molar-refractivity contribution in [3.8, 4) is 0 Å². The highest BCUT2D eigenvalue weighted by atomic mass is 16.4. The molecule has 120 valence electrons. The van der Waals surface area contributed by atoms with E-state index >= 15 is 0 Å². The smallest absolute Gasteiger partial charge is 0.321 e. The van der Waals surface area contributed by atoms with Gasteiger partial charge in [0.2, 0.25) is 0 Å². The first-order valence-electron chi connectivity index (χ1n) is 6.73. The SMILES string of the molecule is O=C(O)CC(C(=O)O)N1CCNCCN(CC(=O)O)CC1. The minimum Gasteiger partial charge on any atom is -0.481 e. The van der Waals surface area contributed by atoms with E-state index in [-0.39, 0.29) is 6.54 Å². The summed E-state index contributed by atoms with van der Waals surface area (Å²) in [4.78, 5) is 36.1. The van der Waals surface area contributed by atoms with E-state index in [0.29, 0.717) is 39.3 Å². The number of carboxylic acids is 3. The average Bonchev–Trinajstić information content (AvgIpc) is 2.47. The Labute approximate surface area is 122 Å². The molecule has 1 unspecified atom stereocenters. The van der Waals surface area contributed by atoms with Gasteiger partial charge in [-0.2, -0.15) is 0 Å². The highest BCUT2D eigenvalue weighted by Gasteiger charge is 2.28. The minimum absolute atomic E-state index is 0.119. The molecule has 0 aromatic heterocycles.